The zero-order chi connectivity index (χ0) is 25.0. The van der Waals surface area contributed by atoms with Gasteiger partial charge in [0, 0.05) is 37.9 Å². The Labute approximate surface area is 202 Å². The maximum Gasteiger partial charge on any atom is 0.247 e. The summed E-state index contributed by atoms with van der Waals surface area (Å²) >= 11 is 0. The first-order chi connectivity index (χ1) is 16.0. The molecule has 0 radical (unpaired) electrons. The standard InChI is InChI=1S/C24H34N4O5S/c1-17-13-28(18(2)16-29)34(31,32)23-7-6-20(19-8-10-25-11-9-19)12-21(23)33-22(17)14-27(5)24(30)15-26(3)4/h6-12,17-18,22,29H,13-16H2,1-5H3/t17-,18+,22+/m1/s1. The minimum atomic E-state index is -3.92. The number of carbonyl (C=O) groups is 1. The summed E-state index contributed by atoms with van der Waals surface area (Å²) in [5.41, 5.74) is 1.67. The fraction of sp³-hybridized carbons (Fsp3) is 0.500. The number of benzene rings is 1. The molecule has 9 nitrogen and oxygen atoms in total. The molecular weight excluding hydrogens is 456 g/mol. The lowest BCUT2D eigenvalue weighted by atomic mass is 10.0. The third-order valence-corrected chi connectivity index (χ3v) is 8.03. The number of rotatable bonds is 7. The van der Waals surface area contributed by atoms with Crippen molar-refractivity contribution in [2.24, 2.45) is 5.92 Å². The van der Waals surface area contributed by atoms with E-state index in [9.17, 15) is 18.3 Å². The molecule has 1 aromatic carbocycles. The zero-order valence-electron chi connectivity index (χ0n) is 20.4. The number of sulfonamides is 1. The third kappa shape index (κ3) is 5.75. The van der Waals surface area contributed by atoms with Gasteiger partial charge in [0.05, 0.1) is 19.7 Å². The van der Waals surface area contributed by atoms with Gasteiger partial charge in [0.15, 0.2) is 0 Å². The van der Waals surface area contributed by atoms with Crippen LogP contribution >= 0.6 is 0 Å². The molecular formula is C24H34N4O5S. The van der Waals surface area contributed by atoms with Gasteiger partial charge >= 0.3 is 0 Å². The average Bonchev–Trinajstić information content (AvgIpc) is 2.80. The van der Waals surface area contributed by atoms with E-state index in [1.165, 1.54) is 4.31 Å². The highest BCUT2D eigenvalue weighted by Crippen LogP contribution is 2.36. The molecule has 186 valence electrons. The first-order valence-corrected chi connectivity index (χ1v) is 12.7. The second kappa shape index (κ2) is 10.8. The number of fused-ring (bicyclic) bond motifs is 1. The summed E-state index contributed by atoms with van der Waals surface area (Å²) in [5.74, 6) is -0.0626. The molecule has 2 heterocycles. The van der Waals surface area contributed by atoms with E-state index in [0.717, 1.165) is 11.1 Å². The van der Waals surface area contributed by atoms with Crippen molar-refractivity contribution in [2.75, 3.05) is 47.4 Å². The van der Waals surface area contributed by atoms with E-state index in [0.29, 0.717) is 6.54 Å². The van der Waals surface area contributed by atoms with E-state index in [-0.39, 0.29) is 42.2 Å². The Kier molecular flexibility index (Phi) is 8.29. The highest BCUT2D eigenvalue weighted by molar-refractivity contribution is 7.89. The van der Waals surface area contributed by atoms with Crippen LogP contribution < -0.4 is 4.74 Å². The molecule has 0 bridgehead atoms. The predicted octanol–water partition coefficient (Wildman–Crippen LogP) is 1.54. The third-order valence-electron chi connectivity index (χ3n) is 6.01. The molecule has 0 fully saturated rings. The molecule has 34 heavy (non-hydrogen) atoms. The van der Waals surface area contributed by atoms with Crippen molar-refractivity contribution < 1.29 is 23.1 Å². The minimum absolute atomic E-state index is 0.0461. The summed E-state index contributed by atoms with van der Waals surface area (Å²) in [5, 5.41) is 9.78. The Morgan fingerprint density at radius 2 is 1.88 bits per heavy atom. The van der Waals surface area contributed by atoms with E-state index in [1.54, 1.807) is 54.4 Å². The van der Waals surface area contributed by atoms with Gasteiger partial charge in [0.2, 0.25) is 15.9 Å². The number of aliphatic hydroxyl groups is 1. The van der Waals surface area contributed by atoms with Crippen LogP contribution in [0.2, 0.25) is 0 Å². The van der Waals surface area contributed by atoms with Crippen LogP contribution in [0.15, 0.2) is 47.6 Å². The largest absolute Gasteiger partial charge is 0.487 e. The topological polar surface area (TPSA) is 103 Å². The van der Waals surface area contributed by atoms with E-state index >= 15 is 0 Å². The number of aromatic nitrogens is 1. The summed E-state index contributed by atoms with van der Waals surface area (Å²) in [6.07, 6.45) is 2.89. The Bertz CT molecular complexity index is 1090. The molecule has 3 atom stereocenters. The molecule has 0 saturated carbocycles. The maximum atomic E-state index is 13.6. The molecule has 1 aromatic heterocycles. The van der Waals surface area contributed by atoms with Crippen LogP contribution in [0.25, 0.3) is 11.1 Å². The van der Waals surface area contributed by atoms with Crippen LogP contribution in [0.1, 0.15) is 13.8 Å². The van der Waals surface area contributed by atoms with E-state index < -0.39 is 22.2 Å². The fourth-order valence-electron chi connectivity index (χ4n) is 3.93. The number of aliphatic hydroxyl groups excluding tert-OH is 1. The summed E-state index contributed by atoms with van der Waals surface area (Å²) in [7, 11) is 1.46. The molecule has 0 saturated heterocycles. The van der Waals surface area contributed by atoms with Crippen LogP contribution in [0.4, 0.5) is 0 Å². The van der Waals surface area contributed by atoms with Crippen molar-refractivity contribution in [1.29, 1.82) is 0 Å². The van der Waals surface area contributed by atoms with E-state index in [4.69, 9.17) is 4.74 Å². The lowest BCUT2D eigenvalue weighted by Gasteiger charge is -2.37. The maximum absolute atomic E-state index is 13.6. The van der Waals surface area contributed by atoms with Crippen molar-refractivity contribution in [2.45, 2.75) is 30.9 Å². The van der Waals surface area contributed by atoms with Gasteiger partial charge in [-0.2, -0.15) is 4.31 Å². The Balaban J connectivity index is 2.06. The molecule has 1 aliphatic heterocycles. The Morgan fingerprint density at radius 3 is 2.50 bits per heavy atom. The highest BCUT2D eigenvalue weighted by Gasteiger charge is 2.38. The minimum Gasteiger partial charge on any atom is -0.487 e. The Morgan fingerprint density at radius 1 is 1.21 bits per heavy atom. The molecule has 2 aromatic rings. The van der Waals surface area contributed by atoms with Crippen LogP contribution in [-0.4, -0.2) is 98.1 Å². The molecule has 1 aliphatic rings. The average molecular weight is 491 g/mol. The SMILES string of the molecule is C[C@@H]1CN([C@@H](C)CO)S(=O)(=O)c2ccc(-c3ccncc3)cc2O[C@H]1CN(C)C(=O)CN(C)C. The number of ether oxygens (including phenoxy) is 1. The number of hydrogen-bond acceptors (Lipinski definition) is 7. The molecule has 1 N–H and O–H groups in total. The number of hydrogen-bond donors (Lipinski definition) is 1. The van der Waals surface area contributed by atoms with E-state index in [2.05, 4.69) is 4.98 Å². The second-order valence-corrected chi connectivity index (χ2v) is 11.0. The van der Waals surface area contributed by atoms with Gasteiger partial charge in [-0.1, -0.05) is 13.0 Å². The lowest BCUT2D eigenvalue weighted by molar-refractivity contribution is -0.132. The smallest absolute Gasteiger partial charge is 0.247 e. The lowest BCUT2D eigenvalue weighted by Crippen LogP contribution is -2.50. The molecule has 0 spiro atoms. The summed E-state index contributed by atoms with van der Waals surface area (Å²) in [6.45, 7) is 4.01. The predicted molar refractivity (Wildman–Crippen MR) is 130 cm³/mol. The van der Waals surface area contributed by atoms with Gasteiger partial charge in [-0.3, -0.25) is 9.78 Å². The fourth-order valence-corrected chi connectivity index (χ4v) is 5.76. The van der Waals surface area contributed by atoms with Gasteiger partial charge in [-0.05, 0) is 56.4 Å². The Hall–Kier alpha value is -2.53. The number of amides is 1. The quantitative estimate of drug-likeness (QED) is 0.628. The summed E-state index contributed by atoms with van der Waals surface area (Å²) < 4.78 is 34.8. The molecule has 3 rings (SSSR count). The van der Waals surface area contributed by atoms with E-state index in [1.807, 2.05) is 33.2 Å². The normalized spacial score (nSPS) is 21.1. The first-order valence-electron chi connectivity index (χ1n) is 11.3. The number of carbonyl (C=O) groups excluding carboxylic acids is 1. The van der Waals surface area contributed by atoms with Crippen molar-refractivity contribution in [3.05, 3.63) is 42.7 Å². The molecule has 0 unspecified atom stereocenters. The monoisotopic (exact) mass is 490 g/mol. The van der Waals surface area contributed by atoms with Crippen LogP contribution in [-0.2, 0) is 14.8 Å². The van der Waals surface area contributed by atoms with Gasteiger partial charge < -0.3 is 19.6 Å². The van der Waals surface area contributed by atoms with Crippen LogP contribution in [0.3, 0.4) is 0 Å². The van der Waals surface area contributed by atoms with Gasteiger partial charge in [-0.25, -0.2) is 8.42 Å². The summed E-state index contributed by atoms with van der Waals surface area (Å²) in [6, 6.07) is 8.08. The number of nitrogens with zero attached hydrogens (tertiary/aromatic N) is 4. The van der Waals surface area contributed by atoms with Gasteiger partial charge in [0.25, 0.3) is 0 Å². The molecule has 1 amide bonds. The van der Waals surface area contributed by atoms with Crippen molar-refractivity contribution in [3.8, 4) is 16.9 Å². The van der Waals surface area contributed by atoms with Crippen molar-refractivity contribution >= 4 is 15.9 Å². The van der Waals surface area contributed by atoms with Crippen molar-refractivity contribution in [3.63, 3.8) is 0 Å². The van der Waals surface area contributed by atoms with Crippen molar-refractivity contribution in [1.82, 2.24) is 19.1 Å². The number of likely N-dealkylation sites (N-methyl/N-ethyl adjacent to an activating group) is 2. The van der Waals surface area contributed by atoms with Crippen LogP contribution in [0.5, 0.6) is 5.75 Å². The molecule has 0 aliphatic carbocycles. The van der Waals surface area contributed by atoms with Gasteiger partial charge in [-0.15, -0.1) is 0 Å². The van der Waals surface area contributed by atoms with Gasteiger partial charge in [0.1, 0.15) is 16.7 Å². The highest BCUT2D eigenvalue weighted by atomic mass is 32.2. The first kappa shape index (κ1) is 26.1. The zero-order valence-corrected chi connectivity index (χ0v) is 21.2. The number of pyridine rings is 1. The summed E-state index contributed by atoms with van der Waals surface area (Å²) in [4.78, 5) is 20.1. The second-order valence-electron chi connectivity index (χ2n) is 9.15. The molecule has 10 heteroatoms. The van der Waals surface area contributed by atoms with Crippen LogP contribution in [0, 0.1) is 5.92 Å².